The normalized spacial score (nSPS) is 17.6. The summed E-state index contributed by atoms with van der Waals surface area (Å²) in [4.78, 5) is 16.6. The standard InChI is InChI=1S/C14H21N3O3S/c1-16-7-9-17(10-8-16)11-14(18)15-12-3-5-13(6-4-12)21(2,19)20/h3-6H,7-11H2,1-2H3,(H,15,18). The number of hydrogen-bond donors (Lipinski definition) is 1. The van der Waals surface area contributed by atoms with Crippen LogP contribution in [0.1, 0.15) is 0 Å². The largest absolute Gasteiger partial charge is 0.325 e. The Labute approximate surface area is 125 Å². The maximum absolute atomic E-state index is 12.0. The number of hydrogen-bond acceptors (Lipinski definition) is 5. The van der Waals surface area contributed by atoms with E-state index in [1.54, 1.807) is 12.1 Å². The minimum atomic E-state index is -3.20. The van der Waals surface area contributed by atoms with Gasteiger partial charge in [-0.1, -0.05) is 0 Å². The van der Waals surface area contributed by atoms with Crippen molar-refractivity contribution in [1.82, 2.24) is 9.80 Å². The van der Waals surface area contributed by atoms with E-state index in [0.29, 0.717) is 12.2 Å². The zero-order chi connectivity index (χ0) is 15.5. The van der Waals surface area contributed by atoms with E-state index in [1.807, 2.05) is 0 Å². The number of benzene rings is 1. The van der Waals surface area contributed by atoms with Crippen molar-refractivity contribution in [1.29, 1.82) is 0 Å². The van der Waals surface area contributed by atoms with E-state index in [-0.39, 0.29) is 10.8 Å². The van der Waals surface area contributed by atoms with Gasteiger partial charge in [-0.25, -0.2) is 8.42 Å². The van der Waals surface area contributed by atoms with Gasteiger partial charge in [0.25, 0.3) is 0 Å². The van der Waals surface area contributed by atoms with Crippen LogP contribution < -0.4 is 5.32 Å². The van der Waals surface area contributed by atoms with Crippen LogP contribution in [0.5, 0.6) is 0 Å². The summed E-state index contributed by atoms with van der Waals surface area (Å²) in [5, 5.41) is 2.79. The molecule has 0 bridgehead atoms. The fourth-order valence-electron chi connectivity index (χ4n) is 2.20. The van der Waals surface area contributed by atoms with E-state index in [9.17, 15) is 13.2 Å². The Morgan fingerprint density at radius 2 is 1.71 bits per heavy atom. The lowest BCUT2D eigenvalue weighted by atomic mass is 10.3. The van der Waals surface area contributed by atoms with E-state index in [0.717, 1.165) is 32.4 Å². The molecule has 1 aliphatic heterocycles. The van der Waals surface area contributed by atoms with Crippen molar-refractivity contribution in [3.63, 3.8) is 0 Å². The van der Waals surface area contributed by atoms with Crippen molar-refractivity contribution in [3.05, 3.63) is 24.3 Å². The minimum absolute atomic E-state index is 0.0772. The molecule has 1 aromatic rings. The second-order valence-corrected chi connectivity index (χ2v) is 7.44. The molecule has 1 aliphatic rings. The van der Waals surface area contributed by atoms with Crippen molar-refractivity contribution in [2.24, 2.45) is 0 Å². The van der Waals surface area contributed by atoms with Crippen molar-refractivity contribution in [2.45, 2.75) is 4.90 Å². The van der Waals surface area contributed by atoms with Crippen LogP contribution in [0, 0.1) is 0 Å². The van der Waals surface area contributed by atoms with Crippen LogP contribution in [-0.4, -0.2) is 70.2 Å². The Bertz CT molecular complexity index is 590. The molecule has 0 radical (unpaired) electrons. The van der Waals surface area contributed by atoms with Gasteiger partial charge >= 0.3 is 0 Å². The molecule has 0 atom stereocenters. The van der Waals surface area contributed by atoms with Crippen molar-refractivity contribution >= 4 is 21.4 Å². The SMILES string of the molecule is CN1CCN(CC(=O)Nc2ccc(S(C)(=O)=O)cc2)CC1. The second-order valence-electron chi connectivity index (χ2n) is 5.42. The summed E-state index contributed by atoms with van der Waals surface area (Å²) in [7, 11) is -1.13. The van der Waals surface area contributed by atoms with Gasteiger partial charge in [-0.3, -0.25) is 9.69 Å². The molecule has 1 aromatic carbocycles. The third-order valence-electron chi connectivity index (χ3n) is 3.53. The average molecular weight is 311 g/mol. The molecule has 1 fully saturated rings. The zero-order valence-corrected chi connectivity index (χ0v) is 13.2. The molecule has 7 heteroatoms. The highest BCUT2D eigenvalue weighted by Crippen LogP contribution is 2.13. The molecule has 116 valence electrons. The number of rotatable bonds is 4. The first-order chi connectivity index (χ1) is 9.84. The van der Waals surface area contributed by atoms with E-state index in [4.69, 9.17) is 0 Å². The Hall–Kier alpha value is -1.44. The van der Waals surface area contributed by atoms with E-state index < -0.39 is 9.84 Å². The van der Waals surface area contributed by atoms with Crippen LogP contribution >= 0.6 is 0 Å². The van der Waals surface area contributed by atoms with Gasteiger partial charge in [0, 0.05) is 38.1 Å². The van der Waals surface area contributed by atoms with Crippen LogP contribution in [0.25, 0.3) is 0 Å². The summed E-state index contributed by atoms with van der Waals surface area (Å²) in [5.74, 6) is -0.0772. The fourth-order valence-corrected chi connectivity index (χ4v) is 2.83. The Balaban J connectivity index is 1.88. The first-order valence-electron chi connectivity index (χ1n) is 6.85. The van der Waals surface area contributed by atoms with E-state index >= 15 is 0 Å². The Morgan fingerprint density at radius 3 is 2.24 bits per heavy atom. The first-order valence-corrected chi connectivity index (χ1v) is 8.74. The zero-order valence-electron chi connectivity index (χ0n) is 12.4. The molecule has 0 aliphatic carbocycles. The van der Waals surface area contributed by atoms with Crippen LogP contribution in [0.2, 0.25) is 0 Å². The molecule has 0 saturated carbocycles. The number of carbonyl (C=O) groups excluding carboxylic acids is 1. The average Bonchev–Trinajstić information content (AvgIpc) is 2.41. The fraction of sp³-hybridized carbons (Fsp3) is 0.500. The van der Waals surface area contributed by atoms with Crippen molar-refractivity contribution in [3.8, 4) is 0 Å². The molecule has 0 unspecified atom stereocenters. The minimum Gasteiger partial charge on any atom is -0.325 e. The van der Waals surface area contributed by atoms with Crippen LogP contribution in [-0.2, 0) is 14.6 Å². The summed E-state index contributed by atoms with van der Waals surface area (Å²) in [6.07, 6.45) is 1.16. The quantitative estimate of drug-likeness (QED) is 0.865. The number of likely N-dealkylation sites (N-methyl/N-ethyl adjacent to an activating group) is 1. The smallest absolute Gasteiger partial charge is 0.238 e. The van der Waals surface area contributed by atoms with Gasteiger partial charge in [0.1, 0.15) is 0 Å². The number of piperazine rings is 1. The van der Waals surface area contributed by atoms with Gasteiger partial charge in [0.05, 0.1) is 11.4 Å². The molecule has 2 rings (SSSR count). The van der Waals surface area contributed by atoms with E-state index in [1.165, 1.54) is 12.1 Å². The van der Waals surface area contributed by atoms with Gasteiger partial charge in [-0.05, 0) is 31.3 Å². The molecule has 1 amide bonds. The Kier molecular flexibility index (Phi) is 4.97. The summed E-state index contributed by atoms with van der Waals surface area (Å²) in [6.45, 7) is 4.07. The van der Waals surface area contributed by atoms with Crippen LogP contribution in [0.15, 0.2) is 29.2 Å². The highest BCUT2D eigenvalue weighted by atomic mass is 32.2. The van der Waals surface area contributed by atoms with Gasteiger partial charge in [0.15, 0.2) is 9.84 Å². The Morgan fingerprint density at radius 1 is 1.14 bits per heavy atom. The lowest BCUT2D eigenvalue weighted by Crippen LogP contribution is -2.47. The predicted octanol–water partition coefficient (Wildman–Crippen LogP) is 0.276. The molecule has 1 heterocycles. The maximum Gasteiger partial charge on any atom is 0.238 e. The summed E-state index contributed by atoms with van der Waals surface area (Å²) >= 11 is 0. The molecule has 0 spiro atoms. The monoisotopic (exact) mass is 311 g/mol. The molecular formula is C14H21N3O3S. The number of nitrogens with zero attached hydrogens (tertiary/aromatic N) is 2. The van der Waals surface area contributed by atoms with Gasteiger partial charge in [-0.15, -0.1) is 0 Å². The molecular weight excluding hydrogens is 290 g/mol. The predicted molar refractivity (Wildman–Crippen MR) is 82.1 cm³/mol. The van der Waals surface area contributed by atoms with Gasteiger partial charge in [-0.2, -0.15) is 0 Å². The summed E-state index contributed by atoms with van der Waals surface area (Å²) < 4.78 is 22.7. The molecule has 0 aromatic heterocycles. The van der Waals surface area contributed by atoms with Gasteiger partial charge < -0.3 is 10.2 Å². The topological polar surface area (TPSA) is 69.7 Å². The van der Waals surface area contributed by atoms with Crippen LogP contribution in [0.4, 0.5) is 5.69 Å². The number of sulfone groups is 1. The van der Waals surface area contributed by atoms with E-state index in [2.05, 4.69) is 22.2 Å². The number of nitrogens with one attached hydrogen (secondary N) is 1. The third kappa shape index (κ3) is 4.80. The first kappa shape index (κ1) is 15.9. The highest BCUT2D eigenvalue weighted by Gasteiger charge is 2.16. The van der Waals surface area contributed by atoms with Crippen LogP contribution in [0.3, 0.4) is 0 Å². The molecule has 21 heavy (non-hydrogen) atoms. The number of amides is 1. The molecule has 1 N–H and O–H groups in total. The van der Waals surface area contributed by atoms with Crippen molar-refractivity contribution in [2.75, 3.05) is 51.3 Å². The molecule has 1 saturated heterocycles. The number of carbonyl (C=O) groups is 1. The number of anilines is 1. The van der Waals surface area contributed by atoms with Crippen molar-refractivity contribution < 1.29 is 13.2 Å². The third-order valence-corrected chi connectivity index (χ3v) is 4.66. The highest BCUT2D eigenvalue weighted by molar-refractivity contribution is 7.90. The van der Waals surface area contributed by atoms with Gasteiger partial charge in [0.2, 0.25) is 5.91 Å². The lowest BCUT2D eigenvalue weighted by molar-refractivity contribution is -0.117. The summed E-state index contributed by atoms with van der Waals surface area (Å²) in [6, 6.07) is 6.22. The summed E-state index contributed by atoms with van der Waals surface area (Å²) in [5.41, 5.74) is 0.613. The second kappa shape index (κ2) is 6.55. The maximum atomic E-state index is 12.0. The molecule has 6 nitrogen and oxygen atoms in total. The lowest BCUT2D eigenvalue weighted by Gasteiger charge is -2.31.